The Morgan fingerprint density at radius 2 is 0.567 bits per heavy atom. The standard InChI is InChI=1S/C57H56O8S2/c58-66(59,54-36-28-50(29-37-54)64-42-46-20-14-18-44-16-8-10-22-56(44)46)52-32-24-48(25-33-52)62-40-12-6-4-2-1-3-5-7-13-41-63-49-26-34-53(35-27-49)67(60,61)55-38-30-51(31-39-55)65-43-47-21-15-19-45-17-9-11-23-57(45)47/h8-11,14-39H,1-7,12-13,40-43H2. The molecule has 0 fully saturated rings. The van der Waals surface area contributed by atoms with Gasteiger partial charge in [0, 0.05) is 0 Å². The van der Waals surface area contributed by atoms with E-state index in [1.807, 2.05) is 48.5 Å². The molecule has 0 N–H and O–H groups in total. The number of unbranched alkanes of at least 4 members (excludes halogenated alkanes) is 8. The van der Waals surface area contributed by atoms with Gasteiger partial charge in [-0.15, -0.1) is 0 Å². The van der Waals surface area contributed by atoms with Crippen molar-refractivity contribution in [2.75, 3.05) is 13.2 Å². The molecule has 344 valence electrons. The third kappa shape index (κ3) is 12.4. The molecule has 0 aliphatic carbocycles. The van der Waals surface area contributed by atoms with Gasteiger partial charge in [-0.1, -0.05) is 130 Å². The highest BCUT2D eigenvalue weighted by atomic mass is 32.2. The predicted octanol–water partition coefficient (Wildman–Crippen LogP) is 13.8. The molecule has 0 atom stereocenters. The van der Waals surface area contributed by atoms with Gasteiger partial charge in [0.1, 0.15) is 36.2 Å². The summed E-state index contributed by atoms with van der Waals surface area (Å²) in [7, 11) is -7.37. The van der Waals surface area contributed by atoms with Crippen molar-refractivity contribution in [1.82, 2.24) is 0 Å². The molecule has 0 amide bonds. The second-order valence-corrected chi connectivity index (χ2v) is 20.5. The lowest BCUT2D eigenvalue weighted by atomic mass is 10.1. The van der Waals surface area contributed by atoms with Crippen molar-refractivity contribution in [3.05, 3.63) is 193 Å². The van der Waals surface area contributed by atoms with Gasteiger partial charge in [-0.2, -0.15) is 0 Å². The van der Waals surface area contributed by atoms with E-state index in [2.05, 4.69) is 36.4 Å². The van der Waals surface area contributed by atoms with Gasteiger partial charge in [-0.25, -0.2) is 16.8 Å². The molecule has 8 aromatic carbocycles. The number of hydrogen-bond donors (Lipinski definition) is 0. The van der Waals surface area contributed by atoms with E-state index in [4.69, 9.17) is 18.9 Å². The molecule has 0 saturated carbocycles. The molecular formula is C57H56O8S2. The summed E-state index contributed by atoms with van der Waals surface area (Å²) < 4.78 is 77.2. The van der Waals surface area contributed by atoms with Gasteiger partial charge in [0.2, 0.25) is 19.7 Å². The number of sulfone groups is 2. The van der Waals surface area contributed by atoms with E-state index >= 15 is 0 Å². The van der Waals surface area contributed by atoms with Crippen LogP contribution >= 0.6 is 0 Å². The van der Waals surface area contributed by atoms with Crippen LogP contribution < -0.4 is 18.9 Å². The largest absolute Gasteiger partial charge is 0.494 e. The molecule has 0 spiro atoms. The van der Waals surface area contributed by atoms with Crippen LogP contribution in [0.1, 0.15) is 68.9 Å². The Bertz CT molecular complexity index is 2840. The first-order chi connectivity index (χ1) is 32.7. The molecule has 8 rings (SSSR count). The average Bonchev–Trinajstić information content (AvgIpc) is 3.37. The molecule has 0 saturated heterocycles. The Morgan fingerprint density at radius 3 is 0.910 bits per heavy atom. The summed E-state index contributed by atoms with van der Waals surface area (Å²) in [5, 5.41) is 4.57. The van der Waals surface area contributed by atoms with Crippen molar-refractivity contribution >= 4 is 41.2 Å². The molecule has 8 aromatic rings. The van der Waals surface area contributed by atoms with Gasteiger partial charge in [0.25, 0.3) is 0 Å². The molecule has 8 nitrogen and oxygen atoms in total. The van der Waals surface area contributed by atoms with Gasteiger partial charge in [-0.3, -0.25) is 0 Å². The monoisotopic (exact) mass is 932 g/mol. The summed E-state index contributed by atoms with van der Waals surface area (Å²) in [6, 6.07) is 55.0. The second-order valence-electron chi connectivity index (χ2n) is 16.6. The highest BCUT2D eigenvalue weighted by molar-refractivity contribution is 7.91. The van der Waals surface area contributed by atoms with Crippen LogP contribution in [0.25, 0.3) is 21.5 Å². The maximum atomic E-state index is 13.3. The number of benzene rings is 8. The second kappa shape index (κ2) is 22.7. The summed E-state index contributed by atoms with van der Waals surface area (Å²) in [6.07, 6.45) is 9.88. The SMILES string of the molecule is O=S(=O)(c1ccc(OCCCCCCCCCCCOc2ccc(S(=O)(=O)c3ccc(OCc4cccc5ccccc45)cc3)cc2)cc1)c1ccc(OCc2cccc3ccccc23)cc1. The minimum absolute atomic E-state index is 0.211. The van der Waals surface area contributed by atoms with Crippen LogP contribution in [0.5, 0.6) is 23.0 Å². The van der Waals surface area contributed by atoms with E-state index in [0.29, 0.717) is 49.4 Å². The van der Waals surface area contributed by atoms with Crippen molar-refractivity contribution < 1.29 is 35.8 Å². The number of ether oxygens (including phenoxy) is 4. The highest BCUT2D eigenvalue weighted by Crippen LogP contribution is 2.29. The Balaban J connectivity index is 0.654. The number of hydrogen-bond acceptors (Lipinski definition) is 8. The van der Waals surface area contributed by atoms with Crippen LogP contribution in [-0.4, -0.2) is 30.0 Å². The first kappa shape index (κ1) is 46.9. The summed E-state index contributed by atoms with van der Waals surface area (Å²) >= 11 is 0. The van der Waals surface area contributed by atoms with Crippen molar-refractivity contribution in [3.63, 3.8) is 0 Å². The molecule has 0 aromatic heterocycles. The minimum Gasteiger partial charge on any atom is -0.494 e. The Hall–Kier alpha value is -6.62. The molecule has 0 aliphatic rings. The van der Waals surface area contributed by atoms with Crippen LogP contribution in [0.15, 0.2) is 202 Å². The summed E-state index contributed by atoms with van der Waals surface area (Å²) in [4.78, 5) is 0.860. The van der Waals surface area contributed by atoms with E-state index < -0.39 is 19.7 Å². The van der Waals surface area contributed by atoms with Gasteiger partial charge in [0.15, 0.2) is 0 Å². The molecule has 0 heterocycles. The predicted molar refractivity (Wildman–Crippen MR) is 266 cm³/mol. The number of rotatable bonds is 24. The maximum absolute atomic E-state index is 13.3. The Morgan fingerprint density at radius 1 is 0.284 bits per heavy atom. The Kier molecular flexibility index (Phi) is 15.9. The average molecular weight is 933 g/mol. The third-order valence-electron chi connectivity index (χ3n) is 11.9. The zero-order chi connectivity index (χ0) is 46.3. The molecule has 67 heavy (non-hydrogen) atoms. The van der Waals surface area contributed by atoms with Crippen molar-refractivity contribution in [2.45, 2.75) is 90.6 Å². The van der Waals surface area contributed by atoms with Gasteiger partial charge >= 0.3 is 0 Å². The fourth-order valence-corrected chi connectivity index (χ4v) is 10.6. The fourth-order valence-electron chi connectivity index (χ4n) is 8.11. The summed E-state index contributed by atoms with van der Waals surface area (Å²) in [5.74, 6) is 2.52. The van der Waals surface area contributed by atoms with E-state index in [1.54, 1.807) is 97.1 Å². The molecule has 0 radical (unpaired) electrons. The zero-order valence-corrected chi connectivity index (χ0v) is 39.2. The fraction of sp³-hybridized carbons (Fsp3) is 0.228. The van der Waals surface area contributed by atoms with E-state index in [1.165, 1.54) is 19.3 Å². The van der Waals surface area contributed by atoms with Crippen LogP contribution in [0.2, 0.25) is 0 Å². The topological polar surface area (TPSA) is 105 Å². The molecule has 0 aliphatic heterocycles. The Labute approximate surface area is 395 Å². The summed E-state index contributed by atoms with van der Waals surface area (Å²) in [5.41, 5.74) is 2.14. The van der Waals surface area contributed by atoms with Crippen molar-refractivity contribution in [3.8, 4) is 23.0 Å². The van der Waals surface area contributed by atoms with Crippen LogP contribution in [0.3, 0.4) is 0 Å². The molecule has 0 unspecified atom stereocenters. The van der Waals surface area contributed by atoms with Gasteiger partial charge < -0.3 is 18.9 Å². The highest BCUT2D eigenvalue weighted by Gasteiger charge is 2.19. The quantitative estimate of drug-likeness (QED) is 0.0552. The van der Waals surface area contributed by atoms with Crippen molar-refractivity contribution in [1.29, 1.82) is 0 Å². The van der Waals surface area contributed by atoms with Crippen molar-refractivity contribution in [2.24, 2.45) is 0 Å². The van der Waals surface area contributed by atoms with E-state index in [-0.39, 0.29) is 19.6 Å². The van der Waals surface area contributed by atoms with Crippen LogP contribution in [-0.2, 0) is 32.9 Å². The van der Waals surface area contributed by atoms with Gasteiger partial charge in [-0.05, 0) is 143 Å². The lowest BCUT2D eigenvalue weighted by Gasteiger charge is -2.11. The minimum atomic E-state index is -3.69. The van der Waals surface area contributed by atoms with E-state index in [9.17, 15) is 16.8 Å². The van der Waals surface area contributed by atoms with Crippen LogP contribution in [0.4, 0.5) is 0 Å². The summed E-state index contributed by atoms with van der Waals surface area (Å²) in [6.45, 7) is 1.94. The molecule has 0 bridgehead atoms. The maximum Gasteiger partial charge on any atom is 0.206 e. The van der Waals surface area contributed by atoms with Gasteiger partial charge in [0.05, 0.1) is 32.8 Å². The first-order valence-electron chi connectivity index (χ1n) is 23.1. The zero-order valence-electron chi connectivity index (χ0n) is 37.6. The normalized spacial score (nSPS) is 11.7. The molecular weight excluding hydrogens is 877 g/mol. The number of fused-ring (bicyclic) bond motifs is 2. The lowest BCUT2D eigenvalue weighted by molar-refractivity contribution is 0.302. The third-order valence-corrected chi connectivity index (χ3v) is 15.5. The van der Waals surface area contributed by atoms with Crippen LogP contribution in [0, 0.1) is 0 Å². The smallest absolute Gasteiger partial charge is 0.206 e. The first-order valence-corrected chi connectivity index (χ1v) is 26.1. The molecule has 10 heteroatoms. The lowest BCUT2D eigenvalue weighted by Crippen LogP contribution is -2.03. The van der Waals surface area contributed by atoms with E-state index in [0.717, 1.165) is 71.2 Å².